The van der Waals surface area contributed by atoms with Crippen LogP contribution in [0.1, 0.15) is 41.2 Å². The minimum Gasteiger partial charge on any atom is -0.465 e. The van der Waals surface area contributed by atoms with Gasteiger partial charge in [0.05, 0.1) is 6.61 Å². The predicted octanol–water partition coefficient (Wildman–Crippen LogP) is 9.64. The van der Waals surface area contributed by atoms with E-state index in [0.717, 1.165) is 51.0 Å². The zero-order chi connectivity index (χ0) is 32.3. The predicted molar refractivity (Wildman–Crippen MR) is 187 cm³/mol. The number of hydrogen-bond acceptors (Lipinski definition) is 5. The van der Waals surface area contributed by atoms with Crippen molar-refractivity contribution in [3.8, 4) is 5.75 Å². The van der Waals surface area contributed by atoms with E-state index >= 15 is 0 Å². The summed E-state index contributed by atoms with van der Waals surface area (Å²) in [6.45, 7) is 7.72. The molecule has 0 aliphatic carbocycles. The highest BCUT2D eigenvalue weighted by molar-refractivity contribution is 5.92. The molecule has 5 aromatic carbocycles. The number of aryl methyl sites for hydroxylation is 1. The molecule has 0 spiro atoms. The van der Waals surface area contributed by atoms with Crippen molar-refractivity contribution in [3.63, 3.8) is 0 Å². The van der Waals surface area contributed by atoms with Crippen molar-refractivity contribution >= 4 is 40.6 Å². The highest BCUT2D eigenvalue weighted by atomic mass is 16.5. The summed E-state index contributed by atoms with van der Waals surface area (Å²) in [5.74, 6) is -0.202. The second kappa shape index (κ2) is 15.4. The molecule has 0 aromatic heterocycles. The lowest BCUT2D eigenvalue weighted by atomic mass is 9.95. The number of anilines is 3. The van der Waals surface area contributed by atoms with Gasteiger partial charge in [-0.25, -0.2) is 4.79 Å². The van der Waals surface area contributed by atoms with Crippen molar-refractivity contribution in [2.24, 2.45) is 0 Å². The zero-order valence-electron chi connectivity index (χ0n) is 26.2. The Morgan fingerprint density at radius 3 is 1.87 bits per heavy atom. The first kappa shape index (κ1) is 31.7. The normalized spacial score (nSPS) is 11.0. The Kier molecular flexibility index (Phi) is 10.6. The fourth-order valence-corrected chi connectivity index (χ4v) is 5.04. The number of ether oxygens (including phenoxy) is 2. The fourth-order valence-electron chi connectivity index (χ4n) is 5.04. The van der Waals surface area contributed by atoms with Crippen molar-refractivity contribution in [1.82, 2.24) is 0 Å². The third-order valence-corrected chi connectivity index (χ3v) is 7.53. The Balaban J connectivity index is 1.45. The summed E-state index contributed by atoms with van der Waals surface area (Å²) in [6.07, 6.45) is 4.37. The van der Waals surface area contributed by atoms with Crippen LogP contribution < -0.4 is 9.64 Å². The lowest BCUT2D eigenvalue weighted by Gasteiger charge is -2.26. The Hall–Kier alpha value is -5.68. The molecule has 0 heterocycles. The van der Waals surface area contributed by atoms with Crippen molar-refractivity contribution in [3.05, 3.63) is 168 Å². The Morgan fingerprint density at radius 1 is 0.717 bits per heavy atom. The Morgan fingerprint density at radius 2 is 1.28 bits per heavy atom. The van der Waals surface area contributed by atoms with E-state index in [1.54, 1.807) is 19.1 Å². The number of carbonyl (C=O) groups excluding carboxylic acids is 2. The topological polar surface area (TPSA) is 55.8 Å². The van der Waals surface area contributed by atoms with Crippen molar-refractivity contribution in [1.29, 1.82) is 0 Å². The number of rotatable bonds is 12. The molecule has 0 radical (unpaired) electrons. The van der Waals surface area contributed by atoms with Gasteiger partial charge in [0.1, 0.15) is 5.75 Å². The quantitative estimate of drug-likeness (QED) is 0.0612. The van der Waals surface area contributed by atoms with Gasteiger partial charge in [0.15, 0.2) is 0 Å². The third-order valence-electron chi connectivity index (χ3n) is 7.53. The number of hydrogen-bond donors (Lipinski definition) is 0. The zero-order valence-corrected chi connectivity index (χ0v) is 26.2. The number of benzene rings is 5. The molecule has 5 aromatic rings. The molecule has 5 nitrogen and oxygen atoms in total. The van der Waals surface area contributed by atoms with Gasteiger partial charge in [-0.2, -0.15) is 0 Å². The molecule has 230 valence electrons. The molecule has 0 saturated carbocycles. The van der Waals surface area contributed by atoms with Gasteiger partial charge in [0.25, 0.3) is 0 Å². The summed E-state index contributed by atoms with van der Waals surface area (Å²) < 4.78 is 10.5. The molecular formula is C41H37NO4. The van der Waals surface area contributed by atoms with Gasteiger partial charge in [-0.15, -0.1) is 0 Å². The van der Waals surface area contributed by atoms with Gasteiger partial charge in [-0.1, -0.05) is 97.9 Å². The molecule has 0 aliphatic heterocycles. The SMILES string of the molecule is C=CC(=O)Oc1ccc(C(=Cc2ccc(N(c3ccc(C)cc3)c3ccc(CCOC(=O)CC)cc3)cc2)c2ccccc2)cc1. The van der Waals surface area contributed by atoms with Gasteiger partial charge in [0.2, 0.25) is 0 Å². The van der Waals surface area contributed by atoms with E-state index in [1.807, 2.05) is 30.3 Å². The summed E-state index contributed by atoms with van der Waals surface area (Å²) in [7, 11) is 0. The summed E-state index contributed by atoms with van der Waals surface area (Å²) in [4.78, 5) is 25.4. The first-order chi connectivity index (χ1) is 22.4. The van der Waals surface area contributed by atoms with Gasteiger partial charge >= 0.3 is 11.9 Å². The highest BCUT2D eigenvalue weighted by Crippen LogP contribution is 2.36. The first-order valence-corrected chi connectivity index (χ1v) is 15.4. The van der Waals surface area contributed by atoms with Gasteiger partial charge in [0, 0.05) is 36.0 Å². The van der Waals surface area contributed by atoms with Crippen molar-refractivity contribution in [2.75, 3.05) is 11.5 Å². The summed E-state index contributed by atoms with van der Waals surface area (Å²) in [6, 6.07) is 43.1. The van der Waals surface area contributed by atoms with Gasteiger partial charge < -0.3 is 14.4 Å². The Bertz CT molecular complexity index is 1790. The van der Waals surface area contributed by atoms with E-state index in [9.17, 15) is 9.59 Å². The maximum atomic E-state index is 11.6. The van der Waals surface area contributed by atoms with Crippen LogP contribution in [-0.4, -0.2) is 18.5 Å². The van der Waals surface area contributed by atoms with E-state index in [0.29, 0.717) is 25.2 Å². The maximum absolute atomic E-state index is 11.6. The van der Waals surface area contributed by atoms with E-state index in [1.165, 1.54) is 5.56 Å². The van der Waals surface area contributed by atoms with Crippen LogP contribution in [0.2, 0.25) is 0 Å². The van der Waals surface area contributed by atoms with E-state index in [4.69, 9.17) is 9.47 Å². The smallest absolute Gasteiger partial charge is 0.335 e. The van der Waals surface area contributed by atoms with E-state index < -0.39 is 5.97 Å². The molecule has 0 fully saturated rings. The summed E-state index contributed by atoms with van der Waals surface area (Å²) in [5.41, 5.74) is 9.59. The second-order valence-electron chi connectivity index (χ2n) is 10.8. The molecule has 46 heavy (non-hydrogen) atoms. The highest BCUT2D eigenvalue weighted by Gasteiger charge is 2.13. The van der Waals surface area contributed by atoms with Crippen LogP contribution in [0.5, 0.6) is 5.75 Å². The summed E-state index contributed by atoms with van der Waals surface area (Å²) >= 11 is 0. The molecule has 5 rings (SSSR count). The number of carbonyl (C=O) groups is 2. The molecule has 0 amide bonds. The summed E-state index contributed by atoms with van der Waals surface area (Å²) in [5, 5.41) is 0. The van der Waals surface area contributed by atoms with Crippen LogP contribution in [0.15, 0.2) is 140 Å². The standard InChI is InChI=1S/C41H37NO4/c1-4-40(43)45-28-27-31-13-21-36(22-14-31)42(35-19-11-30(3)12-20-35)37-23-15-32(16-24-37)29-39(33-9-7-6-8-10-33)34-17-25-38(26-18-34)46-41(44)5-2/h5-26,29H,2,4,27-28H2,1,3H3. The first-order valence-electron chi connectivity index (χ1n) is 15.4. The monoisotopic (exact) mass is 607 g/mol. The molecule has 0 unspecified atom stereocenters. The molecule has 0 N–H and O–H groups in total. The maximum Gasteiger partial charge on any atom is 0.335 e. The second-order valence-corrected chi connectivity index (χ2v) is 10.8. The van der Waals surface area contributed by atoms with Crippen LogP contribution in [0.4, 0.5) is 17.1 Å². The third kappa shape index (κ3) is 8.27. The average molecular weight is 608 g/mol. The van der Waals surface area contributed by atoms with Crippen LogP contribution in [0, 0.1) is 6.92 Å². The van der Waals surface area contributed by atoms with Gasteiger partial charge in [-0.05, 0) is 89.4 Å². The molecular weight excluding hydrogens is 570 g/mol. The largest absolute Gasteiger partial charge is 0.465 e. The van der Waals surface area contributed by atoms with Crippen LogP contribution in [0.25, 0.3) is 11.6 Å². The fraction of sp³-hybridized carbons (Fsp3) is 0.122. The van der Waals surface area contributed by atoms with Crippen molar-refractivity contribution < 1.29 is 19.1 Å². The average Bonchev–Trinajstić information content (AvgIpc) is 3.10. The van der Waals surface area contributed by atoms with Crippen LogP contribution in [0.3, 0.4) is 0 Å². The van der Waals surface area contributed by atoms with E-state index in [-0.39, 0.29) is 5.97 Å². The molecule has 0 aliphatic rings. The van der Waals surface area contributed by atoms with Gasteiger partial charge in [-0.3, -0.25) is 4.79 Å². The van der Waals surface area contributed by atoms with E-state index in [2.05, 4.69) is 109 Å². The van der Waals surface area contributed by atoms with Crippen LogP contribution in [-0.2, 0) is 20.7 Å². The molecule has 5 heteroatoms. The minimum absolute atomic E-state index is 0.180. The lowest BCUT2D eigenvalue weighted by Crippen LogP contribution is -2.10. The molecule has 0 bridgehead atoms. The lowest BCUT2D eigenvalue weighted by molar-refractivity contribution is -0.143. The minimum atomic E-state index is -0.489. The van der Waals surface area contributed by atoms with Crippen molar-refractivity contribution in [2.45, 2.75) is 26.7 Å². The van der Waals surface area contributed by atoms with Crippen LogP contribution >= 0.6 is 0 Å². The molecule has 0 saturated heterocycles. The number of nitrogens with zero attached hydrogens (tertiary/aromatic N) is 1. The number of esters is 2. The Labute approximate surface area is 271 Å². The molecule has 0 atom stereocenters.